The number of halogens is 2. The summed E-state index contributed by atoms with van der Waals surface area (Å²) in [7, 11) is -3.66. The predicted molar refractivity (Wildman–Crippen MR) is 86.0 cm³/mol. The van der Waals surface area contributed by atoms with E-state index in [9.17, 15) is 8.42 Å². The van der Waals surface area contributed by atoms with Gasteiger partial charge in [0.05, 0.1) is 19.8 Å². The second kappa shape index (κ2) is 6.26. The quantitative estimate of drug-likeness (QED) is 0.633. The number of hydrogen-bond acceptors (Lipinski definition) is 4. The zero-order valence-corrected chi connectivity index (χ0v) is 14.3. The summed E-state index contributed by atoms with van der Waals surface area (Å²) < 4.78 is 25.5. The van der Waals surface area contributed by atoms with Crippen molar-refractivity contribution in [1.29, 1.82) is 0 Å². The van der Waals surface area contributed by atoms with E-state index in [1.54, 1.807) is 31.2 Å². The summed E-state index contributed by atoms with van der Waals surface area (Å²) in [5.74, 6) is 0. The number of hydrazone groups is 1. The second-order valence-corrected chi connectivity index (χ2v) is 8.14. The van der Waals surface area contributed by atoms with Crippen molar-refractivity contribution in [3.8, 4) is 0 Å². The second-order valence-electron chi connectivity index (χ2n) is 3.85. The van der Waals surface area contributed by atoms with E-state index in [4.69, 9.17) is 11.6 Å². The Balaban J connectivity index is 2.18. The lowest BCUT2D eigenvalue weighted by Crippen LogP contribution is -2.19. The monoisotopic (exact) mass is 392 g/mol. The lowest BCUT2D eigenvalue weighted by atomic mass is 10.3. The Morgan fingerprint density at radius 1 is 1.25 bits per heavy atom. The highest BCUT2D eigenvalue weighted by molar-refractivity contribution is 9.10. The van der Waals surface area contributed by atoms with E-state index in [-0.39, 0.29) is 4.90 Å². The minimum absolute atomic E-state index is 0.154. The Bertz CT molecular complexity index is 739. The van der Waals surface area contributed by atoms with Gasteiger partial charge in [-0.2, -0.15) is 18.4 Å². The molecule has 0 amide bonds. The van der Waals surface area contributed by atoms with Crippen LogP contribution in [-0.2, 0) is 10.0 Å². The van der Waals surface area contributed by atoms with Gasteiger partial charge in [0.1, 0.15) is 0 Å². The van der Waals surface area contributed by atoms with E-state index in [0.717, 1.165) is 9.35 Å². The fourth-order valence-electron chi connectivity index (χ4n) is 1.36. The molecule has 0 unspecified atom stereocenters. The van der Waals surface area contributed by atoms with E-state index < -0.39 is 10.0 Å². The third kappa shape index (κ3) is 3.82. The normalized spacial score (nSPS) is 12.4. The van der Waals surface area contributed by atoms with Crippen molar-refractivity contribution in [2.24, 2.45) is 5.10 Å². The highest BCUT2D eigenvalue weighted by Crippen LogP contribution is 2.22. The van der Waals surface area contributed by atoms with Gasteiger partial charge in [-0.25, -0.2) is 0 Å². The highest BCUT2D eigenvalue weighted by Gasteiger charge is 2.13. The van der Waals surface area contributed by atoms with Gasteiger partial charge in [0.25, 0.3) is 10.0 Å². The Kier molecular flexibility index (Phi) is 4.85. The fourth-order valence-corrected chi connectivity index (χ4v) is 3.47. The number of sulfonamides is 1. The number of nitrogens with one attached hydrogen (secondary N) is 1. The number of hydrogen-bond donors (Lipinski definition) is 1. The van der Waals surface area contributed by atoms with Gasteiger partial charge in [-0.1, -0.05) is 27.5 Å². The van der Waals surface area contributed by atoms with Crippen LogP contribution in [0.25, 0.3) is 0 Å². The maximum atomic E-state index is 12.0. The van der Waals surface area contributed by atoms with Gasteiger partial charge >= 0.3 is 0 Å². The molecule has 4 nitrogen and oxygen atoms in total. The molecular weight excluding hydrogens is 384 g/mol. The summed E-state index contributed by atoms with van der Waals surface area (Å²) in [4.78, 5) is 3.18. The van der Waals surface area contributed by atoms with E-state index in [2.05, 4.69) is 25.9 Å². The maximum Gasteiger partial charge on any atom is 0.276 e. The lowest BCUT2D eigenvalue weighted by molar-refractivity contribution is 0.584. The first-order valence-corrected chi connectivity index (χ1v) is 8.93. The van der Waals surface area contributed by atoms with Crippen molar-refractivity contribution >= 4 is 54.6 Å². The van der Waals surface area contributed by atoms with Crippen LogP contribution < -0.4 is 4.83 Å². The summed E-state index contributed by atoms with van der Waals surface area (Å²) in [6.07, 6.45) is 0. The van der Waals surface area contributed by atoms with Crippen LogP contribution >= 0.6 is 38.9 Å². The Morgan fingerprint density at radius 3 is 2.45 bits per heavy atom. The molecule has 0 spiro atoms. The van der Waals surface area contributed by atoms with Crippen LogP contribution in [0.4, 0.5) is 0 Å². The molecule has 8 heteroatoms. The summed E-state index contributed by atoms with van der Waals surface area (Å²) in [5.41, 5.74) is 0.558. The van der Waals surface area contributed by atoms with Gasteiger partial charge in [-0.05, 0) is 43.3 Å². The Labute approximate surface area is 134 Å². The van der Waals surface area contributed by atoms with Crippen molar-refractivity contribution in [2.45, 2.75) is 11.8 Å². The summed E-state index contributed by atoms with van der Waals surface area (Å²) in [5, 5.41) is 3.90. The van der Waals surface area contributed by atoms with Crippen molar-refractivity contribution in [3.05, 3.63) is 50.1 Å². The first kappa shape index (κ1) is 15.5. The molecule has 2 rings (SSSR count). The minimum Gasteiger partial charge on any atom is -0.200 e. The molecule has 0 bridgehead atoms. The molecule has 0 radical (unpaired) electrons. The minimum atomic E-state index is -3.66. The van der Waals surface area contributed by atoms with Gasteiger partial charge < -0.3 is 0 Å². The van der Waals surface area contributed by atoms with Gasteiger partial charge in [0, 0.05) is 4.47 Å². The molecule has 0 fully saturated rings. The largest absolute Gasteiger partial charge is 0.276 e. The van der Waals surface area contributed by atoms with Gasteiger partial charge in [-0.15, -0.1) is 11.3 Å². The molecule has 0 aliphatic rings. The summed E-state index contributed by atoms with van der Waals surface area (Å²) in [6, 6.07) is 9.84. The number of rotatable bonds is 4. The van der Waals surface area contributed by atoms with Crippen LogP contribution in [0.1, 0.15) is 11.8 Å². The molecule has 2 aromatic rings. The molecule has 106 valence electrons. The van der Waals surface area contributed by atoms with Crippen LogP contribution in [0.2, 0.25) is 4.34 Å². The van der Waals surface area contributed by atoms with E-state index >= 15 is 0 Å². The van der Waals surface area contributed by atoms with Crippen LogP contribution in [0.5, 0.6) is 0 Å². The van der Waals surface area contributed by atoms with Crippen molar-refractivity contribution in [1.82, 2.24) is 4.83 Å². The third-order valence-electron chi connectivity index (χ3n) is 2.39. The number of benzene rings is 1. The summed E-state index contributed by atoms with van der Waals surface area (Å²) >= 11 is 10.4. The maximum absolute atomic E-state index is 12.0. The van der Waals surface area contributed by atoms with Crippen molar-refractivity contribution in [3.63, 3.8) is 0 Å². The first-order valence-electron chi connectivity index (χ1n) is 5.46. The molecule has 0 saturated heterocycles. The van der Waals surface area contributed by atoms with Crippen LogP contribution in [0.3, 0.4) is 0 Å². The van der Waals surface area contributed by atoms with Crippen LogP contribution in [-0.4, -0.2) is 14.1 Å². The lowest BCUT2D eigenvalue weighted by Gasteiger charge is -2.04. The molecule has 1 heterocycles. The molecule has 1 aromatic heterocycles. The smallest absolute Gasteiger partial charge is 0.200 e. The molecule has 1 aromatic carbocycles. The van der Waals surface area contributed by atoms with E-state index in [1.807, 2.05) is 0 Å². The van der Waals surface area contributed by atoms with Crippen molar-refractivity contribution < 1.29 is 8.42 Å². The number of nitrogens with zero attached hydrogens (tertiary/aromatic N) is 1. The zero-order chi connectivity index (χ0) is 14.8. The average Bonchev–Trinajstić information content (AvgIpc) is 2.83. The molecule has 0 saturated carbocycles. The number of thiophene rings is 1. The van der Waals surface area contributed by atoms with Gasteiger partial charge in [-0.3, -0.25) is 0 Å². The van der Waals surface area contributed by atoms with Crippen LogP contribution in [0.15, 0.2) is 50.9 Å². The molecule has 1 N–H and O–H groups in total. The Hall–Kier alpha value is -0.890. The first-order chi connectivity index (χ1) is 9.38. The zero-order valence-electron chi connectivity index (χ0n) is 10.3. The topological polar surface area (TPSA) is 58.5 Å². The van der Waals surface area contributed by atoms with E-state index in [0.29, 0.717) is 10.0 Å². The average molecular weight is 394 g/mol. The molecule has 0 aliphatic carbocycles. The molecule has 20 heavy (non-hydrogen) atoms. The van der Waals surface area contributed by atoms with E-state index in [1.165, 1.54) is 23.5 Å². The van der Waals surface area contributed by atoms with Crippen molar-refractivity contribution in [2.75, 3.05) is 0 Å². The molecule has 0 atom stereocenters. The molecular formula is C12H10BrClN2O2S2. The highest BCUT2D eigenvalue weighted by atomic mass is 79.9. The van der Waals surface area contributed by atoms with Crippen LogP contribution in [0, 0.1) is 0 Å². The SMILES string of the molecule is CC(=NNS(=O)(=O)c1ccc(Br)cc1)c1ccc(Cl)s1. The fraction of sp³-hybridized carbons (Fsp3) is 0.0833. The van der Waals surface area contributed by atoms with Gasteiger partial charge in [0.2, 0.25) is 0 Å². The third-order valence-corrected chi connectivity index (χ3v) is 5.48. The standard InChI is InChI=1S/C12H10BrClN2O2S2/c1-8(11-6-7-12(14)19-11)15-16-20(17,18)10-4-2-9(13)3-5-10/h2-7,16H,1H3. The van der Waals surface area contributed by atoms with Gasteiger partial charge in [0.15, 0.2) is 0 Å². The molecule has 0 aliphatic heterocycles. The Morgan fingerprint density at radius 2 is 1.90 bits per heavy atom. The predicted octanol–water partition coefficient (Wildman–Crippen LogP) is 3.87. The summed E-state index contributed by atoms with van der Waals surface area (Å²) in [6.45, 7) is 1.71.